The molecule has 5 atom stereocenters. The van der Waals surface area contributed by atoms with Crippen molar-refractivity contribution in [1.82, 2.24) is 24.2 Å². The van der Waals surface area contributed by atoms with Gasteiger partial charge in [-0.05, 0) is 47.6 Å². The van der Waals surface area contributed by atoms with Gasteiger partial charge in [0.1, 0.15) is 18.3 Å². The molecule has 1 saturated heterocycles. The molecule has 1 N–H and O–H groups in total. The van der Waals surface area contributed by atoms with Crippen molar-refractivity contribution in [1.29, 1.82) is 5.26 Å². The van der Waals surface area contributed by atoms with Crippen LogP contribution in [0, 0.1) is 11.3 Å². The van der Waals surface area contributed by atoms with Gasteiger partial charge in [-0.1, -0.05) is 0 Å². The summed E-state index contributed by atoms with van der Waals surface area (Å²) in [6.45, 7) is 12.1. The SMILES string of the molecule is CCOP(=O)(/C=C/[C@H]1O[C@@H](n2cnc3c(=O)[nH]cnc32)[C@H](OC)[C@@H]1OP(OCCC#N)N(C(C)C)C(C)C)OCC. The number of nitrogens with zero attached hydrogens (tertiary/aromatic N) is 5. The number of ether oxygens (including phenoxy) is 2. The van der Waals surface area contributed by atoms with Gasteiger partial charge in [0.25, 0.3) is 14.1 Å². The van der Waals surface area contributed by atoms with E-state index in [0.717, 1.165) is 0 Å². The summed E-state index contributed by atoms with van der Waals surface area (Å²) in [5.41, 5.74) is 0.0581. The molecule has 1 aliphatic heterocycles. The first-order chi connectivity index (χ1) is 19.6. The summed E-state index contributed by atoms with van der Waals surface area (Å²) in [6.07, 6.45) is 1.40. The minimum absolute atomic E-state index is 0.0564. The topological polar surface area (TPSA) is 163 Å². The second-order valence-corrected chi connectivity index (χ2v) is 12.9. The van der Waals surface area contributed by atoms with Crippen LogP contribution in [-0.2, 0) is 32.1 Å². The summed E-state index contributed by atoms with van der Waals surface area (Å²) in [5.74, 6) is 1.37. The van der Waals surface area contributed by atoms with Crippen LogP contribution in [0.1, 0.15) is 54.2 Å². The number of aromatic amines is 1. The van der Waals surface area contributed by atoms with Crippen LogP contribution in [0.2, 0.25) is 0 Å². The Bertz CT molecular complexity index is 1280. The lowest BCUT2D eigenvalue weighted by Gasteiger charge is -2.38. The first kappa shape index (κ1) is 33.5. The number of fused-ring (bicyclic) bond motifs is 1. The van der Waals surface area contributed by atoms with Gasteiger partial charge < -0.3 is 32.6 Å². The zero-order chi connectivity index (χ0) is 30.2. The molecule has 1 aliphatic rings. The van der Waals surface area contributed by atoms with E-state index in [1.54, 1.807) is 24.5 Å². The molecule has 2 aromatic rings. The van der Waals surface area contributed by atoms with E-state index in [4.69, 9.17) is 32.8 Å². The molecular formula is C25H40N6O8P2. The number of hydrogen-bond acceptors (Lipinski definition) is 12. The molecule has 0 aliphatic carbocycles. The number of imidazole rings is 1. The number of rotatable bonds is 16. The first-order valence-electron chi connectivity index (χ1n) is 13.5. The molecule has 1 fully saturated rings. The quantitative estimate of drug-likeness (QED) is 0.209. The summed E-state index contributed by atoms with van der Waals surface area (Å²) in [4.78, 5) is 23.3. The van der Waals surface area contributed by atoms with Gasteiger partial charge in [-0.3, -0.25) is 13.9 Å². The molecule has 0 spiro atoms. The van der Waals surface area contributed by atoms with E-state index >= 15 is 0 Å². The molecule has 1 unspecified atom stereocenters. The Morgan fingerprint density at radius 1 is 1.22 bits per heavy atom. The van der Waals surface area contributed by atoms with Gasteiger partial charge in [0.2, 0.25) is 0 Å². The fourth-order valence-corrected chi connectivity index (χ4v) is 7.64. The monoisotopic (exact) mass is 614 g/mol. The van der Waals surface area contributed by atoms with Crippen LogP contribution in [0.25, 0.3) is 11.2 Å². The lowest BCUT2D eigenvalue weighted by atomic mass is 10.1. The van der Waals surface area contributed by atoms with Crippen molar-refractivity contribution >= 4 is 27.3 Å². The van der Waals surface area contributed by atoms with E-state index in [1.165, 1.54) is 25.6 Å². The highest BCUT2D eigenvalue weighted by Crippen LogP contribution is 2.53. The van der Waals surface area contributed by atoms with E-state index in [1.807, 2.05) is 27.7 Å². The molecule has 228 valence electrons. The maximum atomic E-state index is 13.3. The number of nitrogens with one attached hydrogen (secondary N) is 1. The summed E-state index contributed by atoms with van der Waals surface area (Å²) in [7, 11) is -3.73. The van der Waals surface area contributed by atoms with Crippen LogP contribution in [-0.4, -0.2) is 81.5 Å². The Morgan fingerprint density at radius 2 is 1.90 bits per heavy atom. The first-order valence-corrected chi connectivity index (χ1v) is 16.3. The third-order valence-electron chi connectivity index (χ3n) is 6.09. The van der Waals surface area contributed by atoms with Gasteiger partial charge in [-0.2, -0.15) is 5.26 Å². The minimum atomic E-state index is -3.56. The predicted molar refractivity (Wildman–Crippen MR) is 153 cm³/mol. The fraction of sp³-hybridized carbons (Fsp3) is 0.680. The van der Waals surface area contributed by atoms with E-state index in [-0.39, 0.29) is 43.8 Å². The summed E-state index contributed by atoms with van der Waals surface area (Å²) < 4.78 is 53.0. The molecule has 16 heteroatoms. The van der Waals surface area contributed by atoms with E-state index in [2.05, 4.69) is 25.7 Å². The van der Waals surface area contributed by atoms with E-state index < -0.39 is 46.2 Å². The lowest BCUT2D eigenvalue weighted by molar-refractivity contribution is -0.0439. The Labute approximate surface area is 241 Å². The predicted octanol–water partition coefficient (Wildman–Crippen LogP) is 4.47. The number of nitriles is 1. The summed E-state index contributed by atoms with van der Waals surface area (Å²) in [6, 6.07) is 2.21. The van der Waals surface area contributed by atoms with E-state index in [0.29, 0.717) is 5.65 Å². The highest BCUT2D eigenvalue weighted by atomic mass is 31.2. The van der Waals surface area contributed by atoms with Crippen molar-refractivity contribution in [2.24, 2.45) is 0 Å². The third kappa shape index (κ3) is 8.08. The second-order valence-electron chi connectivity index (χ2n) is 9.58. The smallest absolute Gasteiger partial charge is 0.353 e. The molecule has 14 nitrogen and oxygen atoms in total. The number of aromatic nitrogens is 4. The van der Waals surface area contributed by atoms with E-state index in [9.17, 15) is 9.36 Å². The highest BCUT2D eigenvalue weighted by molar-refractivity contribution is 7.57. The number of methoxy groups -OCH3 is 1. The average molecular weight is 615 g/mol. The third-order valence-corrected chi connectivity index (χ3v) is 9.99. The molecule has 3 rings (SSSR count). The van der Waals surface area contributed by atoms with Crippen molar-refractivity contribution in [3.63, 3.8) is 0 Å². The van der Waals surface area contributed by atoms with Gasteiger partial charge in [0.15, 0.2) is 17.4 Å². The average Bonchev–Trinajstić information content (AvgIpc) is 3.49. The second kappa shape index (κ2) is 15.4. The number of hydrogen-bond donors (Lipinski definition) is 1. The van der Waals surface area contributed by atoms with Gasteiger partial charge in [-0.25, -0.2) is 14.6 Å². The summed E-state index contributed by atoms with van der Waals surface area (Å²) in [5, 5.41) is 9.11. The Morgan fingerprint density at radius 3 is 2.49 bits per heavy atom. The molecular weight excluding hydrogens is 574 g/mol. The maximum absolute atomic E-state index is 13.3. The normalized spacial score (nSPS) is 22.5. The standard InChI is InChI=1S/C25H40N6O8P2/c1-8-36-41(33,37-9-2)14-11-19-21(39-40(35-13-10-12-26)31(17(3)4)18(5)6)22(34-7)25(38-19)30-16-29-20-23(30)27-15-28-24(20)32/h11,14-19,21-22,25H,8-10,13H2,1-7H3,(H,27,28,32)/b14-11+/t19-,21-,22-,25-,40?/m1/s1. The van der Waals surface area contributed by atoms with Crippen LogP contribution in [0.15, 0.2) is 29.3 Å². The molecule has 3 heterocycles. The minimum Gasteiger partial charge on any atom is -0.374 e. The van der Waals surface area contributed by atoms with Gasteiger partial charge in [0.05, 0.1) is 45.0 Å². The molecule has 0 aromatic carbocycles. The van der Waals surface area contributed by atoms with Crippen molar-refractivity contribution < 1.29 is 32.1 Å². The van der Waals surface area contributed by atoms with Gasteiger partial charge in [0, 0.05) is 25.0 Å². The highest BCUT2D eigenvalue weighted by Gasteiger charge is 2.49. The molecule has 41 heavy (non-hydrogen) atoms. The lowest BCUT2D eigenvalue weighted by Crippen LogP contribution is -2.39. The van der Waals surface area contributed by atoms with Crippen molar-refractivity contribution in [3.05, 3.63) is 34.9 Å². The van der Waals surface area contributed by atoms with Crippen LogP contribution >= 0.6 is 16.1 Å². The molecule has 0 radical (unpaired) electrons. The van der Waals surface area contributed by atoms with Gasteiger partial charge >= 0.3 is 7.60 Å². The largest absolute Gasteiger partial charge is 0.374 e. The van der Waals surface area contributed by atoms with Crippen molar-refractivity contribution in [2.75, 3.05) is 26.9 Å². The zero-order valence-corrected chi connectivity index (χ0v) is 26.3. The molecule has 2 aromatic heterocycles. The van der Waals surface area contributed by atoms with Crippen LogP contribution in [0.3, 0.4) is 0 Å². The van der Waals surface area contributed by atoms with Crippen LogP contribution in [0.5, 0.6) is 0 Å². The van der Waals surface area contributed by atoms with Crippen LogP contribution < -0.4 is 5.56 Å². The van der Waals surface area contributed by atoms with Crippen LogP contribution in [0.4, 0.5) is 0 Å². The Hall–Kier alpha value is -2.04. The maximum Gasteiger partial charge on any atom is 0.353 e. The molecule has 0 amide bonds. The molecule has 0 saturated carbocycles. The summed E-state index contributed by atoms with van der Waals surface area (Å²) >= 11 is 0. The molecule has 0 bridgehead atoms. The van der Waals surface area contributed by atoms with Crippen molar-refractivity contribution in [2.45, 2.75) is 84.6 Å². The number of H-pyrrole nitrogens is 1. The Kier molecular flexibility index (Phi) is 12.6. The Balaban J connectivity index is 2.07. The van der Waals surface area contributed by atoms with Gasteiger partial charge in [-0.15, -0.1) is 0 Å². The zero-order valence-electron chi connectivity index (χ0n) is 24.5. The fourth-order valence-electron chi connectivity index (χ4n) is 4.54. The van der Waals surface area contributed by atoms with Crippen molar-refractivity contribution in [3.8, 4) is 6.07 Å².